The van der Waals surface area contributed by atoms with Crippen LogP contribution in [0.25, 0.3) is 0 Å². The molecule has 0 aromatic carbocycles. The molecule has 3 heteroatoms. The Bertz CT molecular complexity index is 275. The molecule has 0 heterocycles. The van der Waals surface area contributed by atoms with Gasteiger partial charge in [-0.05, 0) is 20.8 Å². The third-order valence-corrected chi connectivity index (χ3v) is 1.72. The van der Waals surface area contributed by atoms with Gasteiger partial charge in [0.05, 0.1) is 0 Å². The number of hydrogen-bond acceptors (Lipinski definition) is 2. The highest BCUT2D eigenvalue weighted by molar-refractivity contribution is 6.10. The number of carbonyl (C=O) groups excluding carboxylic acids is 2. The van der Waals surface area contributed by atoms with Crippen LogP contribution in [0.4, 0.5) is 0 Å². The van der Waals surface area contributed by atoms with Crippen molar-refractivity contribution in [1.82, 2.24) is 5.32 Å². The van der Waals surface area contributed by atoms with Crippen molar-refractivity contribution in [2.45, 2.75) is 20.8 Å². The number of hydrogen-bond donors (Lipinski definition) is 1. The van der Waals surface area contributed by atoms with Crippen molar-refractivity contribution >= 4 is 11.7 Å². The summed E-state index contributed by atoms with van der Waals surface area (Å²) in [5.41, 5.74) is 0.888. The summed E-state index contributed by atoms with van der Waals surface area (Å²) in [6.45, 7) is 4.92. The number of rotatable bonds is 3. The van der Waals surface area contributed by atoms with Gasteiger partial charge >= 0.3 is 0 Å². The summed E-state index contributed by atoms with van der Waals surface area (Å²) in [4.78, 5) is 22.4. The van der Waals surface area contributed by atoms with Crippen LogP contribution in [-0.2, 0) is 9.59 Å². The SMILES string of the molecule is C/C=C(C(C)=O)\C(=C/C)C(=O)NC. The molecule has 0 radical (unpaired) electrons. The third-order valence-electron chi connectivity index (χ3n) is 1.72. The van der Waals surface area contributed by atoms with E-state index >= 15 is 0 Å². The van der Waals surface area contributed by atoms with Crippen molar-refractivity contribution < 1.29 is 9.59 Å². The summed E-state index contributed by atoms with van der Waals surface area (Å²) in [6.07, 6.45) is 3.28. The van der Waals surface area contributed by atoms with Gasteiger partial charge in [0.15, 0.2) is 5.78 Å². The molecule has 1 amide bonds. The Morgan fingerprint density at radius 1 is 1.08 bits per heavy atom. The molecule has 1 N–H and O–H groups in total. The molecule has 0 spiro atoms. The average molecular weight is 181 g/mol. The third kappa shape index (κ3) is 2.86. The van der Waals surface area contributed by atoms with Gasteiger partial charge in [0.2, 0.25) is 0 Å². The van der Waals surface area contributed by atoms with Gasteiger partial charge in [-0.15, -0.1) is 0 Å². The Kier molecular flexibility index (Phi) is 4.74. The van der Waals surface area contributed by atoms with E-state index < -0.39 is 0 Å². The molecule has 0 fully saturated rings. The minimum atomic E-state index is -0.231. The topological polar surface area (TPSA) is 46.2 Å². The molecule has 0 unspecified atom stereocenters. The van der Waals surface area contributed by atoms with Crippen molar-refractivity contribution in [3.63, 3.8) is 0 Å². The summed E-state index contributed by atoms with van der Waals surface area (Å²) in [6, 6.07) is 0. The molecule has 0 aliphatic heterocycles. The number of nitrogens with one attached hydrogen (secondary N) is 1. The maximum absolute atomic E-state index is 11.3. The van der Waals surface area contributed by atoms with E-state index in [2.05, 4.69) is 5.32 Å². The zero-order valence-corrected chi connectivity index (χ0v) is 8.47. The number of ketones is 1. The molecular weight excluding hydrogens is 166 g/mol. The van der Waals surface area contributed by atoms with Crippen molar-refractivity contribution in [3.8, 4) is 0 Å². The molecule has 0 rings (SSSR count). The summed E-state index contributed by atoms with van der Waals surface area (Å²) < 4.78 is 0. The molecule has 0 aromatic heterocycles. The van der Waals surface area contributed by atoms with Crippen LogP contribution in [0.1, 0.15) is 20.8 Å². The quantitative estimate of drug-likeness (QED) is 0.525. The highest BCUT2D eigenvalue weighted by Crippen LogP contribution is 2.10. The monoisotopic (exact) mass is 181 g/mol. The maximum atomic E-state index is 11.3. The number of carbonyl (C=O) groups is 2. The van der Waals surface area contributed by atoms with E-state index in [0.717, 1.165) is 0 Å². The molecule has 0 bridgehead atoms. The second kappa shape index (κ2) is 5.30. The highest BCUT2D eigenvalue weighted by Gasteiger charge is 2.14. The smallest absolute Gasteiger partial charge is 0.251 e. The highest BCUT2D eigenvalue weighted by atomic mass is 16.2. The average Bonchev–Trinajstić information content (AvgIpc) is 2.12. The first-order valence-electron chi connectivity index (χ1n) is 4.14. The van der Waals surface area contributed by atoms with Crippen LogP contribution >= 0.6 is 0 Å². The molecule has 3 nitrogen and oxygen atoms in total. The van der Waals surface area contributed by atoms with Crippen LogP contribution in [0.15, 0.2) is 23.3 Å². The predicted octanol–water partition coefficient (Wildman–Crippen LogP) is 1.21. The van der Waals surface area contributed by atoms with Crippen LogP contribution in [0.3, 0.4) is 0 Å². The van der Waals surface area contributed by atoms with E-state index in [9.17, 15) is 9.59 Å². The Labute approximate surface area is 78.5 Å². The van der Waals surface area contributed by atoms with Crippen molar-refractivity contribution in [2.75, 3.05) is 7.05 Å². The first-order chi connectivity index (χ1) is 6.08. The molecule has 0 aliphatic rings. The van der Waals surface area contributed by atoms with Crippen molar-refractivity contribution in [1.29, 1.82) is 0 Å². The summed E-state index contributed by atoms with van der Waals surface area (Å²) in [5, 5.41) is 2.49. The molecule has 0 aromatic rings. The van der Waals surface area contributed by atoms with Gasteiger partial charge in [-0.1, -0.05) is 12.2 Å². The van der Waals surface area contributed by atoms with Crippen LogP contribution in [0.2, 0.25) is 0 Å². The molecular formula is C10H15NO2. The standard InChI is InChI=1S/C10H15NO2/c1-5-8(7(3)12)9(6-2)10(13)11-4/h5-6H,1-4H3,(H,11,13)/b8-5-,9-6+. The van der Waals surface area contributed by atoms with Crippen LogP contribution in [0, 0.1) is 0 Å². The molecule has 0 aliphatic carbocycles. The number of likely N-dealkylation sites (N-methyl/N-ethyl adjacent to an activating group) is 1. The molecule has 13 heavy (non-hydrogen) atoms. The van der Waals surface area contributed by atoms with Crippen LogP contribution < -0.4 is 5.32 Å². The minimum absolute atomic E-state index is 0.0980. The largest absolute Gasteiger partial charge is 0.355 e. The number of Topliss-reactive ketones (excluding diaryl/α,β-unsaturated/α-hetero) is 1. The Morgan fingerprint density at radius 3 is 1.77 bits per heavy atom. The first-order valence-corrected chi connectivity index (χ1v) is 4.14. The van der Waals surface area contributed by atoms with Gasteiger partial charge < -0.3 is 5.32 Å². The van der Waals surface area contributed by atoms with E-state index in [4.69, 9.17) is 0 Å². The molecule has 72 valence electrons. The Morgan fingerprint density at radius 2 is 1.54 bits per heavy atom. The summed E-state index contributed by atoms with van der Waals surface area (Å²) in [5.74, 6) is -0.329. The zero-order valence-electron chi connectivity index (χ0n) is 8.47. The minimum Gasteiger partial charge on any atom is -0.355 e. The van der Waals surface area contributed by atoms with Gasteiger partial charge in [-0.2, -0.15) is 0 Å². The second-order valence-electron chi connectivity index (χ2n) is 2.54. The lowest BCUT2D eigenvalue weighted by molar-refractivity contribution is -0.118. The van der Waals surface area contributed by atoms with Gasteiger partial charge in [-0.25, -0.2) is 0 Å². The number of allylic oxidation sites excluding steroid dienone is 2. The van der Waals surface area contributed by atoms with Gasteiger partial charge in [0.25, 0.3) is 5.91 Å². The lowest BCUT2D eigenvalue weighted by Gasteiger charge is -2.06. The van der Waals surface area contributed by atoms with Crippen LogP contribution in [-0.4, -0.2) is 18.7 Å². The lowest BCUT2D eigenvalue weighted by atomic mass is 10.0. The summed E-state index contributed by atoms with van der Waals surface area (Å²) in [7, 11) is 1.54. The number of amides is 1. The van der Waals surface area contributed by atoms with Crippen molar-refractivity contribution in [3.05, 3.63) is 23.3 Å². The Balaban J connectivity index is 5.00. The van der Waals surface area contributed by atoms with E-state index in [-0.39, 0.29) is 11.7 Å². The zero-order chi connectivity index (χ0) is 10.4. The van der Waals surface area contributed by atoms with Gasteiger partial charge in [0.1, 0.15) is 0 Å². The first kappa shape index (κ1) is 11.6. The fourth-order valence-electron chi connectivity index (χ4n) is 1.09. The predicted molar refractivity (Wildman–Crippen MR) is 52.3 cm³/mol. The second-order valence-corrected chi connectivity index (χ2v) is 2.54. The van der Waals surface area contributed by atoms with E-state index in [1.54, 1.807) is 33.0 Å². The summed E-state index contributed by atoms with van der Waals surface area (Å²) >= 11 is 0. The molecule has 0 saturated carbocycles. The fourth-order valence-corrected chi connectivity index (χ4v) is 1.09. The normalized spacial score (nSPS) is 12.6. The van der Waals surface area contributed by atoms with Gasteiger partial charge in [0, 0.05) is 18.2 Å². The van der Waals surface area contributed by atoms with Gasteiger partial charge in [-0.3, -0.25) is 9.59 Å². The lowest BCUT2D eigenvalue weighted by Crippen LogP contribution is -2.22. The Hall–Kier alpha value is -1.38. The molecule has 0 atom stereocenters. The maximum Gasteiger partial charge on any atom is 0.251 e. The van der Waals surface area contributed by atoms with E-state index in [1.165, 1.54) is 6.92 Å². The van der Waals surface area contributed by atoms with Crippen molar-refractivity contribution in [2.24, 2.45) is 0 Å². The fraction of sp³-hybridized carbons (Fsp3) is 0.400. The molecule has 0 saturated heterocycles. The van der Waals surface area contributed by atoms with E-state index in [0.29, 0.717) is 11.1 Å². The van der Waals surface area contributed by atoms with Crippen LogP contribution in [0.5, 0.6) is 0 Å². The van der Waals surface area contributed by atoms with E-state index in [1.807, 2.05) is 0 Å².